The SMILES string of the molecule is O=C(O)CCSc1nc(Nc2ccc(C3CC3)c3ccccc23)c2ccccc2n1. The topological polar surface area (TPSA) is 75.1 Å². The van der Waals surface area contributed by atoms with E-state index in [4.69, 9.17) is 10.1 Å². The van der Waals surface area contributed by atoms with Crippen molar-refractivity contribution in [3.05, 3.63) is 66.2 Å². The normalized spacial score (nSPS) is 13.6. The Morgan fingerprint density at radius 1 is 0.967 bits per heavy atom. The number of rotatable bonds is 7. The van der Waals surface area contributed by atoms with Gasteiger partial charge in [0.05, 0.1) is 11.9 Å². The minimum atomic E-state index is -0.816. The Bertz CT molecular complexity index is 1250. The Balaban J connectivity index is 1.55. The first-order chi connectivity index (χ1) is 14.7. The molecule has 3 aromatic carbocycles. The highest BCUT2D eigenvalue weighted by atomic mass is 32.2. The lowest BCUT2D eigenvalue weighted by Gasteiger charge is -2.14. The Morgan fingerprint density at radius 3 is 2.47 bits per heavy atom. The summed E-state index contributed by atoms with van der Waals surface area (Å²) in [7, 11) is 0. The van der Waals surface area contributed by atoms with E-state index in [1.165, 1.54) is 40.9 Å². The highest BCUT2D eigenvalue weighted by Crippen LogP contribution is 2.44. The molecule has 1 saturated carbocycles. The first-order valence-electron chi connectivity index (χ1n) is 10.1. The highest BCUT2D eigenvalue weighted by Gasteiger charge is 2.25. The summed E-state index contributed by atoms with van der Waals surface area (Å²) in [6.07, 6.45) is 2.62. The third kappa shape index (κ3) is 3.83. The van der Waals surface area contributed by atoms with Crippen LogP contribution < -0.4 is 5.32 Å². The number of para-hydroxylation sites is 1. The fourth-order valence-corrected chi connectivity index (χ4v) is 4.53. The number of nitrogens with zero attached hydrogens (tertiary/aromatic N) is 2. The van der Waals surface area contributed by atoms with Crippen LogP contribution in [0, 0.1) is 0 Å². The van der Waals surface area contributed by atoms with Gasteiger partial charge in [0.2, 0.25) is 0 Å². The zero-order valence-electron chi connectivity index (χ0n) is 16.3. The lowest BCUT2D eigenvalue weighted by Crippen LogP contribution is -2.01. The van der Waals surface area contributed by atoms with Crippen LogP contribution >= 0.6 is 11.8 Å². The van der Waals surface area contributed by atoms with Crippen LogP contribution in [0.25, 0.3) is 21.7 Å². The number of carboxylic acids is 1. The van der Waals surface area contributed by atoms with Gasteiger partial charge in [0, 0.05) is 22.2 Å². The predicted molar refractivity (Wildman–Crippen MR) is 122 cm³/mol. The van der Waals surface area contributed by atoms with Gasteiger partial charge in [-0.05, 0) is 47.9 Å². The number of carbonyl (C=O) groups is 1. The molecule has 30 heavy (non-hydrogen) atoms. The van der Waals surface area contributed by atoms with Gasteiger partial charge in [-0.1, -0.05) is 54.2 Å². The van der Waals surface area contributed by atoms with Gasteiger partial charge in [-0.25, -0.2) is 9.97 Å². The molecule has 1 aliphatic carbocycles. The molecule has 1 heterocycles. The summed E-state index contributed by atoms with van der Waals surface area (Å²) in [6, 6.07) is 20.8. The second-order valence-electron chi connectivity index (χ2n) is 7.51. The molecule has 5 nitrogen and oxygen atoms in total. The van der Waals surface area contributed by atoms with Crippen LogP contribution in [0.4, 0.5) is 11.5 Å². The molecule has 0 spiro atoms. The van der Waals surface area contributed by atoms with Crippen molar-refractivity contribution in [1.29, 1.82) is 0 Å². The van der Waals surface area contributed by atoms with Crippen molar-refractivity contribution in [2.24, 2.45) is 0 Å². The van der Waals surface area contributed by atoms with Crippen molar-refractivity contribution in [3.63, 3.8) is 0 Å². The highest BCUT2D eigenvalue weighted by molar-refractivity contribution is 7.99. The first kappa shape index (κ1) is 18.9. The molecule has 1 aliphatic rings. The van der Waals surface area contributed by atoms with Gasteiger partial charge in [0.1, 0.15) is 5.82 Å². The summed E-state index contributed by atoms with van der Waals surface area (Å²) < 4.78 is 0. The average Bonchev–Trinajstić information content (AvgIpc) is 3.59. The monoisotopic (exact) mass is 415 g/mol. The molecule has 1 aromatic heterocycles. The van der Waals surface area contributed by atoms with Gasteiger partial charge in [-0.15, -0.1) is 0 Å². The number of carboxylic acid groups (broad SMARTS) is 1. The number of thioether (sulfide) groups is 1. The summed E-state index contributed by atoms with van der Waals surface area (Å²) in [5.74, 6) is 1.04. The van der Waals surface area contributed by atoms with Crippen molar-refractivity contribution < 1.29 is 9.90 Å². The summed E-state index contributed by atoms with van der Waals surface area (Å²) in [6.45, 7) is 0. The molecule has 0 aliphatic heterocycles. The van der Waals surface area contributed by atoms with Crippen molar-refractivity contribution in [2.45, 2.75) is 30.3 Å². The minimum Gasteiger partial charge on any atom is -0.481 e. The van der Waals surface area contributed by atoms with Crippen molar-refractivity contribution in [1.82, 2.24) is 9.97 Å². The second kappa shape index (κ2) is 7.95. The van der Waals surface area contributed by atoms with E-state index in [2.05, 4.69) is 46.7 Å². The zero-order valence-corrected chi connectivity index (χ0v) is 17.2. The minimum absolute atomic E-state index is 0.0802. The van der Waals surface area contributed by atoms with E-state index >= 15 is 0 Å². The maximum atomic E-state index is 10.8. The van der Waals surface area contributed by atoms with E-state index in [0.717, 1.165) is 22.4 Å². The van der Waals surface area contributed by atoms with Gasteiger partial charge in [0.25, 0.3) is 0 Å². The largest absolute Gasteiger partial charge is 0.481 e. The number of anilines is 2. The number of hydrogen-bond donors (Lipinski definition) is 2. The number of benzene rings is 3. The van der Waals surface area contributed by atoms with Gasteiger partial charge >= 0.3 is 5.97 Å². The molecule has 0 saturated heterocycles. The number of nitrogens with one attached hydrogen (secondary N) is 1. The molecule has 4 aromatic rings. The third-order valence-corrected chi connectivity index (χ3v) is 6.21. The quantitative estimate of drug-likeness (QED) is 0.286. The number of aliphatic carboxylic acids is 1. The van der Waals surface area contributed by atoms with E-state index in [1.54, 1.807) is 0 Å². The maximum absolute atomic E-state index is 10.8. The van der Waals surface area contributed by atoms with Crippen LogP contribution in [-0.2, 0) is 4.79 Å². The standard InChI is InChI=1S/C24H21N3O2S/c28-22(29)13-14-30-24-26-20-8-4-3-7-19(20)23(27-24)25-21-12-11-16(15-9-10-15)17-5-1-2-6-18(17)21/h1-8,11-12,15H,9-10,13-14H2,(H,28,29)(H,25,26,27). The van der Waals surface area contributed by atoms with E-state index in [0.29, 0.717) is 16.8 Å². The Labute approximate surface area is 178 Å². The molecule has 0 atom stereocenters. The van der Waals surface area contributed by atoms with E-state index in [1.807, 2.05) is 24.3 Å². The average molecular weight is 416 g/mol. The van der Waals surface area contributed by atoms with Crippen LogP contribution in [0.2, 0.25) is 0 Å². The summed E-state index contributed by atoms with van der Waals surface area (Å²) in [5, 5.41) is 16.4. The van der Waals surface area contributed by atoms with Crippen molar-refractivity contribution in [2.75, 3.05) is 11.1 Å². The van der Waals surface area contributed by atoms with Gasteiger partial charge < -0.3 is 10.4 Å². The van der Waals surface area contributed by atoms with Gasteiger partial charge in [0.15, 0.2) is 5.16 Å². The number of aromatic nitrogens is 2. The lowest BCUT2D eigenvalue weighted by atomic mass is 9.99. The maximum Gasteiger partial charge on any atom is 0.304 e. The molecule has 6 heteroatoms. The molecular formula is C24H21N3O2S. The first-order valence-corrected chi connectivity index (χ1v) is 11.1. The van der Waals surface area contributed by atoms with Crippen LogP contribution in [0.1, 0.15) is 30.7 Å². The molecule has 0 radical (unpaired) electrons. The van der Waals surface area contributed by atoms with E-state index < -0.39 is 5.97 Å². The van der Waals surface area contributed by atoms with Crippen LogP contribution in [0.3, 0.4) is 0 Å². The molecular weight excluding hydrogens is 394 g/mol. The van der Waals surface area contributed by atoms with E-state index in [9.17, 15) is 4.79 Å². The summed E-state index contributed by atoms with van der Waals surface area (Å²) in [4.78, 5) is 20.2. The summed E-state index contributed by atoms with van der Waals surface area (Å²) >= 11 is 1.36. The Morgan fingerprint density at radius 2 is 1.70 bits per heavy atom. The molecule has 5 rings (SSSR count). The van der Waals surface area contributed by atoms with Crippen LogP contribution in [-0.4, -0.2) is 26.8 Å². The Hall–Kier alpha value is -3.12. The molecule has 0 amide bonds. The fourth-order valence-electron chi connectivity index (χ4n) is 3.75. The molecule has 150 valence electrons. The molecule has 2 N–H and O–H groups in total. The van der Waals surface area contributed by atoms with Crippen LogP contribution in [0.5, 0.6) is 0 Å². The smallest absolute Gasteiger partial charge is 0.304 e. The molecule has 0 bridgehead atoms. The Kier molecular flexibility index (Phi) is 5.01. The van der Waals surface area contributed by atoms with Crippen LogP contribution in [0.15, 0.2) is 65.8 Å². The number of hydrogen-bond acceptors (Lipinski definition) is 5. The van der Waals surface area contributed by atoms with Gasteiger partial charge in [-0.3, -0.25) is 4.79 Å². The zero-order chi connectivity index (χ0) is 20.5. The molecule has 0 unspecified atom stereocenters. The van der Waals surface area contributed by atoms with Gasteiger partial charge in [-0.2, -0.15) is 0 Å². The van der Waals surface area contributed by atoms with Crippen molar-refractivity contribution in [3.8, 4) is 0 Å². The third-order valence-electron chi connectivity index (χ3n) is 5.36. The number of fused-ring (bicyclic) bond motifs is 2. The summed E-state index contributed by atoms with van der Waals surface area (Å²) in [5.41, 5.74) is 3.28. The van der Waals surface area contributed by atoms with Crippen molar-refractivity contribution >= 4 is 50.9 Å². The van der Waals surface area contributed by atoms with E-state index in [-0.39, 0.29) is 6.42 Å². The fraction of sp³-hybridized carbons (Fsp3) is 0.208. The lowest BCUT2D eigenvalue weighted by molar-refractivity contribution is -0.136. The predicted octanol–water partition coefficient (Wildman–Crippen LogP) is 5.97. The molecule has 1 fully saturated rings. The second-order valence-corrected chi connectivity index (χ2v) is 8.57.